The van der Waals surface area contributed by atoms with Crippen molar-refractivity contribution in [3.8, 4) is 11.4 Å². The third kappa shape index (κ3) is 5.67. The highest BCUT2D eigenvalue weighted by atomic mass is 32.2. The quantitative estimate of drug-likeness (QED) is 0.529. The minimum atomic E-state index is -0.0537. The Morgan fingerprint density at radius 1 is 1.13 bits per heavy atom. The Morgan fingerprint density at radius 3 is 2.63 bits per heavy atom. The maximum absolute atomic E-state index is 12.5. The van der Waals surface area contributed by atoms with Crippen LogP contribution in [0.2, 0.25) is 0 Å². The molecule has 2 heterocycles. The van der Waals surface area contributed by atoms with Crippen LogP contribution in [-0.4, -0.2) is 56.9 Å². The van der Waals surface area contributed by atoms with Crippen molar-refractivity contribution in [3.63, 3.8) is 0 Å². The van der Waals surface area contributed by atoms with Gasteiger partial charge in [-0.25, -0.2) is 0 Å². The van der Waals surface area contributed by atoms with Crippen LogP contribution in [0.4, 0.5) is 5.69 Å². The summed E-state index contributed by atoms with van der Waals surface area (Å²) in [5.74, 6) is 1.02. The van der Waals surface area contributed by atoms with E-state index >= 15 is 0 Å². The molecule has 0 fully saturated rings. The van der Waals surface area contributed by atoms with Crippen LogP contribution in [0, 0.1) is 13.8 Å². The molecule has 8 heteroatoms. The molecule has 0 aliphatic carbocycles. The second kappa shape index (κ2) is 10.4. The number of carbonyl (C=O) groups is 1. The average Bonchev–Trinajstić information content (AvgIpc) is 3.13. The number of aromatic nitrogens is 4. The summed E-state index contributed by atoms with van der Waals surface area (Å²) in [5.41, 5.74) is 4.06. The lowest BCUT2D eigenvalue weighted by atomic mass is 10.1. The number of pyridine rings is 1. The summed E-state index contributed by atoms with van der Waals surface area (Å²) < 4.78 is 2.09. The summed E-state index contributed by atoms with van der Waals surface area (Å²) >= 11 is 1.41. The Kier molecular flexibility index (Phi) is 7.59. The van der Waals surface area contributed by atoms with E-state index in [0.717, 1.165) is 52.9 Å². The van der Waals surface area contributed by atoms with Gasteiger partial charge in [0, 0.05) is 30.2 Å². The summed E-state index contributed by atoms with van der Waals surface area (Å²) in [6, 6.07) is 9.77. The summed E-state index contributed by atoms with van der Waals surface area (Å²) in [7, 11) is 4.12. The number of nitrogens with zero attached hydrogens (tertiary/aromatic N) is 5. The van der Waals surface area contributed by atoms with E-state index in [1.807, 2.05) is 44.2 Å². The van der Waals surface area contributed by atoms with E-state index in [1.165, 1.54) is 11.8 Å². The standard InChI is InChI=1S/C22H28N6OS/c1-16-7-5-8-19(17(16)2)24-20(29)15-30-22-26-25-21(18-9-11-23-12-10-18)28(22)14-6-13-27(3)4/h5,7-12H,6,13-15H2,1-4H3,(H,24,29). The van der Waals surface area contributed by atoms with E-state index in [0.29, 0.717) is 0 Å². The highest BCUT2D eigenvalue weighted by molar-refractivity contribution is 7.99. The summed E-state index contributed by atoms with van der Waals surface area (Å²) in [4.78, 5) is 18.8. The molecule has 1 amide bonds. The van der Waals surface area contributed by atoms with Gasteiger partial charge in [-0.05, 0) is 70.2 Å². The predicted octanol–water partition coefficient (Wildman–Crippen LogP) is 3.64. The van der Waals surface area contributed by atoms with Gasteiger partial charge in [0.15, 0.2) is 11.0 Å². The van der Waals surface area contributed by atoms with Gasteiger partial charge in [-0.3, -0.25) is 9.78 Å². The van der Waals surface area contributed by atoms with E-state index in [2.05, 4.69) is 44.1 Å². The normalized spacial score (nSPS) is 11.1. The molecule has 30 heavy (non-hydrogen) atoms. The molecule has 0 radical (unpaired) electrons. The maximum Gasteiger partial charge on any atom is 0.234 e. The number of anilines is 1. The lowest BCUT2D eigenvalue weighted by molar-refractivity contribution is -0.113. The van der Waals surface area contributed by atoms with Crippen LogP contribution in [0.25, 0.3) is 11.4 Å². The van der Waals surface area contributed by atoms with Crippen molar-refractivity contribution >= 4 is 23.4 Å². The molecule has 7 nitrogen and oxygen atoms in total. The van der Waals surface area contributed by atoms with Gasteiger partial charge in [-0.1, -0.05) is 23.9 Å². The minimum Gasteiger partial charge on any atom is -0.325 e. The molecule has 0 aliphatic heterocycles. The lowest BCUT2D eigenvalue weighted by Gasteiger charge is -2.13. The second-order valence-electron chi connectivity index (χ2n) is 7.43. The van der Waals surface area contributed by atoms with E-state index in [4.69, 9.17) is 0 Å². The van der Waals surface area contributed by atoms with Gasteiger partial charge < -0.3 is 14.8 Å². The van der Waals surface area contributed by atoms with E-state index in [1.54, 1.807) is 12.4 Å². The Morgan fingerprint density at radius 2 is 1.90 bits per heavy atom. The molecule has 1 aromatic carbocycles. The molecular formula is C22H28N6OS. The van der Waals surface area contributed by atoms with Crippen LogP contribution in [0.15, 0.2) is 47.9 Å². The largest absolute Gasteiger partial charge is 0.325 e. The fraction of sp³-hybridized carbons (Fsp3) is 0.364. The molecule has 0 saturated heterocycles. The topological polar surface area (TPSA) is 75.9 Å². The first kappa shape index (κ1) is 22.0. The number of hydrogen-bond acceptors (Lipinski definition) is 6. The Hall–Kier alpha value is -2.71. The van der Waals surface area contributed by atoms with Crippen molar-refractivity contribution in [3.05, 3.63) is 53.9 Å². The summed E-state index contributed by atoms with van der Waals surface area (Å²) in [5, 5.41) is 12.5. The SMILES string of the molecule is Cc1cccc(NC(=O)CSc2nnc(-c3ccncc3)n2CCCN(C)C)c1C. The third-order valence-electron chi connectivity index (χ3n) is 4.85. The minimum absolute atomic E-state index is 0.0537. The van der Waals surface area contributed by atoms with Crippen LogP contribution in [0.5, 0.6) is 0 Å². The third-order valence-corrected chi connectivity index (χ3v) is 5.82. The molecule has 158 valence electrons. The number of amides is 1. The Bertz CT molecular complexity index is 987. The number of aryl methyl sites for hydroxylation is 1. The van der Waals surface area contributed by atoms with Gasteiger partial charge in [-0.15, -0.1) is 10.2 Å². The number of hydrogen-bond donors (Lipinski definition) is 1. The monoisotopic (exact) mass is 424 g/mol. The van der Waals surface area contributed by atoms with Gasteiger partial charge in [-0.2, -0.15) is 0 Å². The van der Waals surface area contributed by atoms with Crippen molar-refractivity contribution in [1.82, 2.24) is 24.6 Å². The van der Waals surface area contributed by atoms with E-state index in [-0.39, 0.29) is 11.7 Å². The van der Waals surface area contributed by atoms with E-state index < -0.39 is 0 Å². The Labute approximate surface area is 181 Å². The van der Waals surface area contributed by atoms with Gasteiger partial charge in [0.1, 0.15) is 0 Å². The Balaban J connectivity index is 1.72. The van der Waals surface area contributed by atoms with Crippen molar-refractivity contribution < 1.29 is 4.79 Å². The second-order valence-corrected chi connectivity index (χ2v) is 8.38. The zero-order valence-corrected chi connectivity index (χ0v) is 18.7. The number of thioether (sulfide) groups is 1. The van der Waals surface area contributed by atoms with Gasteiger partial charge in [0.2, 0.25) is 5.91 Å². The van der Waals surface area contributed by atoms with Crippen molar-refractivity contribution in [2.45, 2.75) is 32.0 Å². The number of rotatable bonds is 9. The molecule has 0 spiro atoms. The maximum atomic E-state index is 12.5. The number of carbonyl (C=O) groups excluding carboxylic acids is 1. The van der Waals surface area contributed by atoms with Crippen molar-refractivity contribution in [2.75, 3.05) is 31.7 Å². The first-order valence-corrected chi connectivity index (χ1v) is 10.9. The molecule has 3 aromatic rings. The van der Waals surface area contributed by atoms with Crippen LogP contribution in [0.3, 0.4) is 0 Å². The van der Waals surface area contributed by atoms with Gasteiger partial charge in [0.05, 0.1) is 5.75 Å². The van der Waals surface area contributed by atoms with E-state index in [9.17, 15) is 4.79 Å². The highest BCUT2D eigenvalue weighted by Crippen LogP contribution is 2.25. The van der Waals surface area contributed by atoms with Crippen LogP contribution in [0.1, 0.15) is 17.5 Å². The molecule has 3 rings (SSSR count). The van der Waals surface area contributed by atoms with Crippen molar-refractivity contribution in [2.24, 2.45) is 0 Å². The van der Waals surface area contributed by atoms with Crippen molar-refractivity contribution in [1.29, 1.82) is 0 Å². The van der Waals surface area contributed by atoms with Crippen LogP contribution < -0.4 is 5.32 Å². The first-order chi connectivity index (χ1) is 14.5. The highest BCUT2D eigenvalue weighted by Gasteiger charge is 2.16. The molecular weight excluding hydrogens is 396 g/mol. The predicted molar refractivity (Wildman–Crippen MR) is 122 cm³/mol. The molecule has 1 N–H and O–H groups in total. The summed E-state index contributed by atoms with van der Waals surface area (Å²) in [6.07, 6.45) is 4.46. The molecule has 0 bridgehead atoms. The zero-order valence-electron chi connectivity index (χ0n) is 17.9. The first-order valence-electron chi connectivity index (χ1n) is 9.93. The summed E-state index contributed by atoms with van der Waals surface area (Å²) in [6.45, 7) is 5.80. The molecule has 0 saturated carbocycles. The smallest absolute Gasteiger partial charge is 0.234 e. The molecule has 0 atom stereocenters. The fourth-order valence-corrected chi connectivity index (χ4v) is 3.82. The molecule has 0 unspecified atom stereocenters. The molecule has 0 aliphatic rings. The number of benzene rings is 1. The average molecular weight is 425 g/mol. The lowest BCUT2D eigenvalue weighted by Crippen LogP contribution is -2.17. The van der Waals surface area contributed by atoms with Crippen LogP contribution >= 0.6 is 11.8 Å². The fourth-order valence-electron chi connectivity index (χ4n) is 3.06. The van der Waals surface area contributed by atoms with Crippen LogP contribution in [-0.2, 0) is 11.3 Å². The zero-order chi connectivity index (χ0) is 21.5. The van der Waals surface area contributed by atoms with Gasteiger partial charge >= 0.3 is 0 Å². The van der Waals surface area contributed by atoms with Gasteiger partial charge in [0.25, 0.3) is 0 Å². The number of nitrogens with one attached hydrogen (secondary N) is 1. The molecule has 2 aromatic heterocycles.